The summed E-state index contributed by atoms with van der Waals surface area (Å²) in [6.07, 6.45) is 0. The largest absolute Gasteiger partial charge is 0.377 e. The standard InChI is InChI=1S/C30H24N4O6S2/c1-20-10-13-23(14-11-20)42(38,39)40-30-17-12-21(2)18-29(30)34-33-28-16-15-27(25-8-3-4-9-26(25)28)32-31-22-6-5-7-24(19-22)41(35,36)37/h3-19H,1-2H3,(H,35,36,37). The molecule has 212 valence electrons. The maximum atomic E-state index is 12.9. The lowest BCUT2D eigenvalue weighted by Gasteiger charge is -2.10. The van der Waals surface area contributed by atoms with Crippen LogP contribution in [0.4, 0.5) is 22.7 Å². The maximum absolute atomic E-state index is 12.9. The maximum Gasteiger partial charge on any atom is 0.339 e. The second-order valence-electron chi connectivity index (χ2n) is 9.34. The van der Waals surface area contributed by atoms with Crippen LogP contribution in [0.1, 0.15) is 11.1 Å². The smallest absolute Gasteiger partial charge is 0.339 e. The van der Waals surface area contributed by atoms with Crippen LogP contribution in [0.15, 0.2) is 133 Å². The predicted octanol–water partition coefficient (Wildman–Crippen LogP) is 8.30. The first-order chi connectivity index (χ1) is 20.0. The molecule has 0 saturated heterocycles. The van der Waals surface area contributed by atoms with E-state index in [4.69, 9.17) is 4.18 Å². The van der Waals surface area contributed by atoms with Crippen molar-refractivity contribution in [3.8, 4) is 5.75 Å². The number of hydrogen-bond acceptors (Lipinski definition) is 9. The molecule has 5 aromatic rings. The molecule has 0 aliphatic heterocycles. The average Bonchev–Trinajstić information content (AvgIpc) is 2.96. The number of fused-ring (bicyclic) bond motifs is 1. The van der Waals surface area contributed by atoms with Gasteiger partial charge in [-0.1, -0.05) is 54.1 Å². The SMILES string of the molecule is Cc1ccc(S(=O)(=O)Oc2ccc(C)cc2N=Nc2ccc(N=Nc3cccc(S(=O)(=O)O)c3)c3ccccc23)cc1. The third-order valence-electron chi connectivity index (χ3n) is 6.16. The van der Waals surface area contributed by atoms with Gasteiger partial charge in [-0.15, -0.1) is 15.3 Å². The Labute approximate surface area is 242 Å². The fourth-order valence-corrected chi connectivity index (χ4v) is 5.48. The van der Waals surface area contributed by atoms with Crippen LogP contribution in [-0.2, 0) is 20.2 Å². The van der Waals surface area contributed by atoms with E-state index in [1.165, 1.54) is 36.4 Å². The minimum atomic E-state index is -4.38. The summed E-state index contributed by atoms with van der Waals surface area (Å²) in [4.78, 5) is -0.261. The van der Waals surface area contributed by atoms with Gasteiger partial charge >= 0.3 is 10.1 Å². The van der Waals surface area contributed by atoms with Crippen LogP contribution in [0.3, 0.4) is 0 Å². The number of rotatable bonds is 8. The first kappa shape index (κ1) is 28.7. The van der Waals surface area contributed by atoms with Crippen LogP contribution in [0.25, 0.3) is 10.8 Å². The summed E-state index contributed by atoms with van der Waals surface area (Å²) in [6.45, 7) is 3.71. The van der Waals surface area contributed by atoms with E-state index in [0.717, 1.165) is 11.1 Å². The highest BCUT2D eigenvalue weighted by Gasteiger charge is 2.19. The molecule has 10 nitrogen and oxygen atoms in total. The summed E-state index contributed by atoms with van der Waals surface area (Å²) in [6, 6.07) is 27.4. The molecule has 0 saturated carbocycles. The molecule has 0 atom stereocenters. The molecule has 0 spiro atoms. The lowest BCUT2D eigenvalue weighted by Crippen LogP contribution is -2.09. The van der Waals surface area contributed by atoms with Crippen LogP contribution >= 0.6 is 0 Å². The summed E-state index contributed by atoms with van der Waals surface area (Å²) in [5.41, 5.74) is 3.22. The van der Waals surface area contributed by atoms with Crippen LogP contribution in [0.5, 0.6) is 5.75 Å². The van der Waals surface area contributed by atoms with Gasteiger partial charge in [0.15, 0.2) is 5.75 Å². The average molecular weight is 601 g/mol. The van der Waals surface area contributed by atoms with Crippen LogP contribution in [0.2, 0.25) is 0 Å². The molecule has 0 aliphatic rings. The zero-order valence-corrected chi connectivity index (χ0v) is 24.0. The first-order valence-corrected chi connectivity index (χ1v) is 15.4. The molecule has 42 heavy (non-hydrogen) atoms. The first-order valence-electron chi connectivity index (χ1n) is 12.5. The van der Waals surface area contributed by atoms with Gasteiger partial charge in [-0.2, -0.15) is 21.9 Å². The minimum Gasteiger partial charge on any atom is -0.377 e. The third-order valence-corrected chi connectivity index (χ3v) is 8.25. The van der Waals surface area contributed by atoms with Crippen molar-refractivity contribution < 1.29 is 25.6 Å². The van der Waals surface area contributed by atoms with E-state index in [2.05, 4.69) is 20.5 Å². The Hall–Kier alpha value is -4.78. The lowest BCUT2D eigenvalue weighted by molar-refractivity contribution is 0.482. The van der Waals surface area contributed by atoms with Crippen LogP contribution in [0, 0.1) is 13.8 Å². The molecule has 0 bridgehead atoms. The van der Waals surface area contributed by atoms with Crippen molar-refractivity contribution >= 4 is 53.8 Å². The quantitative estimate of drug-likeness (QED) is 0.108. The van der Waals surface area contributed by atoms with Crippen LogP contribution in [-0.4, -0.2) is 21.4 Å². The van der Waals surface area contributed by atoms with Gasteiger partial charge < -0.3 is 4.18 Å². The molecule has 0 radical (unpaired) electrons. The molecule has 1 N–H and O–H groups in total. The predicted molar refractivity (Wildman–Crippen MR) is 159 cm³/mol. The van der Waals surface area contributed by atoms with E-state index in [0.29, 0.717) is 22.1 Å². The van der Waals surface area contributed by atoms with Crippen molar-refractivity contribution in [2.24, 2.45) is 20.5 Å². The second kappa shape index (κ2) is 11.6. The number of hydrogen-bond donors (Lipinski definition) is 1. The van der Waals surface area contributed by atoms with Crippen molar-refractivity contribution in [2.75, 3.05) is 0 Å². The van der Waals surface area contributed by atoms with E-state index in [1.54, 1.807) is 42.5 Å². The van der Waals surface area contributed by atoms with Crippen molar-refractivity contribution in [1.82, 2.24) is 0 Å². The topological polar surface area (TPSA) is 147 Å². The zero-order valence-electron chi connectivity index (χ0n) is 22.4. The Bertz CT molecular complexity index is 2080. The Morgan fingerprint density at radius 3 is 1.81 bits per heavy atom. The molecule has 5 aromatic carbocycles. The molecule has 12 heteroatoms. The number of nitrogens with zero attached hydrogens (tertiary/aromatic N) is 4. The lowest BCUT2D eigenvalue weighted by atomic mass is 10.1. The normalized spacial score (nSPS) is 12.4. The Kier molecular flexibility index (Phi) is 7.94. The molecule has 0 unspecified atom stereocenters. The highest BCUT2D eigenvalue weighted by Crippen LogP contribution is 2.37. The molecule has 0 fully saturated rings. The summed E-state index contributed by atoms with van der Waals surface area (Å²) in [7, 11) is -8.48. The molecule has 0 amide bonds. The monoisotopic (exact) mass is 600 g/mol. The van der Waals surface area contributed by atoms with Gasteiger partial charge in [0.05, 0.1) is 22.0 Å². The molecular weight excluding hydrogens is 576 g/mol. The van der Waals surface area contributed by atoms with Crippen LogP contribution < -0.4 is 4.18 Å². The van der Waals surface area contributed by atoms with E-state index < -0.39 is 20.2 Å². The van der Waals surface area contributed by atoms with Gasteiger partial charge in [-0.25, -0.2) is 0 Å². The van der Waals surface area contributed by atoms with Crippen molar-refractivity contribution in [3.05, 3.63) is 114 Å². The molecule has 0 aromatic heterocycles. The number of benzene rings is 5. The Balaban J connectivity index is 1.47. The molecular formula is C30H24N4O6S2. The van der Waals surface area contributed by atoms with E-state index in [9.17, 15) is 21.4 Å². The van der Waals surface area contributed by atoms with Gasteiger partial charge in [-0.3, -0.25) is 4.55 Å². The fourth-order valence-electron chi connectivity index (χ4n) is 4.01. The summed E-state index contributed by atoms with van der Waals surface area (Å²) < 4.78 is 63.5. The summed E-state index contributed by atoms with van der Waals surface area (Å²) in [5, 5.41) is 18.5. The van der Waals surface area contributed by atoms with Gasteiger partial charge in [0.2, 0.25) is 0 Å². The summed E-state index contributed by atoms with van der Waals surface area (Å²) >= 11 is 0. The highest BCUT2D eigenvalue weighted by atomic mass is 32.2. The van der Waals surface area contributed by atoms with E-state index >= 15 is 0 Å². The van der Waals surface area contributed by atoms with E-state index in [1.807, 2.05) is 38.1 Å². The minimum absolute atomic E-state index is 0.0250. The third kappa shape index (κ3) is 6.57. The number of aryl methyl sites for hydroxylation is 2. The van der Waals surface area contributed by atoms with Crippen molar-refractivity contribution in [3.63, 3.8) is 0 Å². The molecule has 0 heterocycles. The van der Waals surface area contributed by atoms with E-state index in [-0.39, 0.29) is 26.9 Å². The second-order valence-corrected chi connectivity index (χ2v) is 12.3. The Morgan fingerprint density at radius 2 is 1.17 bits per heavy atom. The fraction of sp³-hybridized carbons (Fsp3) is 0.0667. The highest BCUT2D eigenvalue weighted by molar-refractivity contribution is 7.87. The van der Waals surface area contributed by atoms with Gasteiger partial charge in [0, 0.05) is 10.8 Å². The van der Waals surface area contributed by atoms with Crippen molar-refractivity contribution in [1.29, 1.82) is 0 Å². The van der Waals surface area contributed by atoms with Gasteiger partial charge in [0.1, 0.15) is 10.6 Å². The molecule has 0 aliphatic carbocycles. The zero-order chi connectivity index (χ0) is 29.9. The van der Waals surface area contributed by atoms with Gasteiger partial charge in [0.25, 0.3) is 10.1 Å². The molecule has 5 rings (SSSR count). The van der Waals surface area contributed by atoms with Crippen molar-refractivity contribution in [2.45, 2.75) is 23.6 Å². The summed E-state index contributed by atoms with van der Waals surface area (Å²) in [5.74, 6) is 0.0341. The van der Waals surface area contributed by atoms with Gasteiger partial charge in [-0.05, 0) is 74.0 Å². The number of azo groups is 2. The Morgan fingerprint density at radius 1 is 0.571 bits per heavy atom.